The monoisotopic (exact) mass is 279 g/mol. The second kappa shape index (κ2) is 5.43. The van der Waals surface area contributed by atoms with Gasteiger partial charge in [0, 0.05) is 6.54 Å². The van der Waals surface area contributed by atoms with Crippen LogP contribution in [0.5, 0.6) is 0 Å². The molecule has 2 heterocycles. The van der Waals surface area contributed by atoms with Gasteiger partial charge in [0.25, 0.3) is 0 Å². The van der Waals surface area contributed by atoms with Crippen LogP contribution < -0.4 is 0 Å². The molecule has 1 aliphatic heterocycles. The minimum atomic E-state index is -0.213. The molecular weight excluding hydrogens is 261 g/mol. The van der Waals surface area contributed by atoms with Crippen LogP contribution in [0, 0.1) is 10.6 Å². The van der Waals surface area contributed by atoms with E-state index < -0.39 is 0 Å². The van der Waals surface area contributed by atoms with E-state index in [1.807, 2.05) is 4.57 Å². The first-order valence-electron chi connectivity index (χ1n) is 6.84. The third kappa shape index (κ3) is 2.72. The number of halogens is 1. The van der Waals surface area contributed by atoms with Gasteiger partial charge in [-0.3, -0.25) is 0 Å². The maximum Gasteiger partial charge on any atom is 0.178 e. The minimum absolute atomic E-state index is 0.213. The largest absolute Gasteiger partial charge is 0.331 e. The highest BCUT2D eigenvalue weighted by molar-refractivity contribution is 7.71. The van der Waals surface area contributed by atoms with Crippen LogP contribution in [0.2, 0.25) is 0 Å². The quantitative estimate of drug-likeness (QED) is 0.868. The second-order valence-corrected chi connectivity index (χ2v) is 5.53. The Morgan fingerprint density at radius 3 is 2.79 bits per heavy atom. The number of aryl methyl sites for hydroxylation is 1. The van der Waals surface area contributed by atoms with Crippen molar-refractivity contribution in [2.75, 3.05) is 19.6 Å². The Labute approximate surface area is 117 Å². The first-order valence-corrected chi connectivity index (χ1v) is 7.25. The maximum absolute atomic E-state index is 13.3. The summed E-state index contributed by atoms with van der Waals surface area (Å²) in [6.07, 6.45) is 3.69. The van der Waals surface area contributed by atoms with Gasteiger partial charge < -0.3 is 14.5 Å². The maximum atomic E-state index is 13.3. The van der Waals surface area contributed by atoms with Crippen molar-refractivity contribution in [3.8, 4) is 0 Å². The number of hydrogen-bond acceptors (Lipinski definition) is 2. The second-order valence-electron chi connectivity index (χ2n) is 5.15. The molecule has 2 aromatic rings. The van der Waals surface area contributed by atoms with Gasteiger partial charge in [0.15, 0.2) is 4.77 Å². The lowest BCUT2D eigenvalue weighted by molar-refractivity contribution is 0.326. The summed E-state index contributed by atoms with van der Waals surface area (Å²) in [7, 11) is 0. The number of hydrogen-bond donors (Lipinski definition) is 1. The summed E-state index contributed by atoms with van der Waals surface area (Å²) in [6, 6.07) is 4.76. The summed E-state index contributed by atoms with van der Waals surface area (Å²) in [5, 5.41) is 0. The molecule has 1 saturated heterocycles. The molecule has 19 heavy (non-hydrogen) atoms. The van der Waals surface area contributed by atoms with E-state index >= 15 is 0 Å². The number of nitrogens with zero attached hydrogens (tertiary/aromatic N) is 2. The fourth-order valence-electron chi connectivity index (χ4n) is 2.81. The first-order chi connectivity index (χ1) is 9.24. The number of nitrogens with one attached hydrogen (secondary N) is 1. The van der Waals surface area contributed by atoms with E-state index in [1.165, 1.54) is 32.0 Å². The van der Waals surface area contributed by atoms with E-state index in [0.29, 0.717) is 4.77 Å². The summed E-state index contributed by atoms with van der Waals surface area (Å²) in [5.41, 5.74) is 1.78. The number of rotatable bonds is 4. The molecule has 0 unspecified atom stereocenters. The van der Waals surface area contributed by atoms with Gasteiger partial charge >= 0.3 is 0 Å². The van der Waals surface area contributed by atoms with E-state index in [2.05, 4.69) is 9.88 Å². The summed E-state index contributed by atoms with van der Waals surface area (Å²) in [6.45, 7) is 4.38. The summed E-state index contributed by atoms with van der Waals surface area (Å²) >= 11 is 5.32. The van der Waals surface area contributed by atoms with Crippen LogP contribution in [0.15, 0.2) is 18.2 Å². The Morgan fingerprint density at radius 2 is 2.00 bits per heavy atom. The first kappa shape index (κ1) is 12.8. The van der Waals surface area contributed by atoms with Crippen molar-refractivity contribution in [1.82, 2.24) is 14.5 Å². The molecule has 102 valence electrons. The fraction of sp³-hybridized carbons (Fsp3) is 0.500. The molecule has 0 spiro atoms. The van der Waals surface area contributed by atoms with E-state index in [4.69, 9.17) is 12.2 Å². The Bertz CT molecular complexity index is 625. The third-order valence-corrected chi connectivity index (χ3v) is 4.11. The Hall–Kier alpha value is -1.20. The van der Waals surface area contributed by atoms with Gasteiger partial charge in [0.2, 0.25) is 0 Å². The van der Waals surface area contributed by atoms with Crippen LogP contribution in [-0.4, -0.2) is 34.1 Å². The Balaban J connectivity index is 1.74. The number of aromatic amines is 1. The zero-order chi connectivity index (χ0) is 13.2. The van der Waals surface area contributed by atoms with Crippen LogP contribution in [0.4, 0.5) is 4.39 Å². The molecule has 0 bridgehead atoms. The predicted molar refractivity (Wildman–Crippen MR) is 77.4 cm³/mol. The van der Waals surface area contributed by atoms with Crippen molar-refractivity contribution in [3.05, 3.63) is 28.8 Å². The topological polar surface area (TPSA) is 24.0 Å². The van der Waals surface area contributed by atoms with Crippen LogP contribution in [-0.2, 0) is 6.54 Å². The van der Waals surface area contributed by atoms with Crippen molar-refractivity contribution in [2.45, 2.75) is 25.8 Å². The van der Waals surface area contributed by atoms with Gasteiger partial charge in [0.05, 0.1) is 11.0 Å². The molecule has 3 nitrogen and oxygen atoms in total. The van der Waals surface area contributed by atoms with E-state index in [-0.39, 0.29) is 5.82 Å². The van der Waals surface area contributed by atoms with Crippen LogP contribution in [0.1, 0.15) is 19.3 Å². The van der Waals surface area contributed by atoms with Gasteiger partial charge in [-0.25, -0.2) is 4.39 Å². The van der Waals surface area contributed by atoms with Crippen molar-refractivity contribution >= 4 is 23.3 Å². The molecule has 1 N–H and O–H groups in total. The fourth-order valence-corrected chi connectivity index (χ4v) is 3.11. The SMILES string of the molecule is Fc1ccc2[nH]c(=S)n(CCCN3CCCC3)c2c1. The standard InChI is InChI=1S/C14H18FN3S/c15-11-4-5-12-13(10-11)18(14(19)16-12)9-3-8-17-6-1-2-7-17/h4-5,10H,1-3,6-9H2,(H,16,19). The number of benzene rings is 1. The van der Waals surface area contributed by atoms with Gasteiger partial charge in [-0.15, -0.1) is 0 Å². The number of fused-ring (bicyclic) bond motifs is 1. The molecule has 0 atom stereocenters. The van der Waals surface area contributed by atoms with Crippen LogP contribution in [0.3, 0.4) is 0 Å². The van der Waals surface area contributed by atoms with Crippen molar-refractivity contribution in [2.24, 2.45) is 0 Å². The van der Waals surface area contributed by atoms with Crippen LogP contribution in [0.25, 0.3) is 11.0 Å². The highest BCUT2D eigenvalue weighted by Crippen LogP contribution is 2.16. The summed E-state index contributed by atoms with van der Waals surface area (Å²) in [5.74, 6) is -0.213. The Kier molecular flexibility index (Phi) is 3.66. The molecule has 0 aliphatic carbocycles. The normalized spacial score (nSPS) is 16.5. The van der Waals surface area contributed by atoms with E-state index in [9.17, 15) is 4.39 Å². The molecule has 0 amide bonds. The zero-order valence-electron chi connectivity index (χ0n) is 10.9. The summed E-state index contributed by atoms with van der Waals surface area (Å²) < 4.78 is 16.0. The molecule has 1 aromatic carbocycles. The van der Waals surface area contributed by atoms with Crippen molar-refractivity contribution < 1.29 is 4.39 Å². The minimum Gasteiger partial charge on any atom is -0.331 e. The molecule has 5 heteroatoms. The number of imidazole rings is 1. The molecular formula is C14H18FN3S. The van der Waals surface area contributed by atoms with Crippen molar-refractivity contribution in [3.63, 3.8) is 0 Å². The number of H-pyrrole nitrogens is 1. The lowest BCUT2D eigenvalue weighted by atomic mass is 10.3. The number of likely N-dealkylation sites (tertiary alicyclic amines) is 1. The van der Waals surface area contributed by atoms with Gasteiger partial charge in [-0.05, 0) is 69.3 Å². The number of aromatic nitrogens is 2. The lowest BCUT2D eigenvalue weighted by Crippen LogP contribution is -2.21. The van der Waals surface area contributed by atoms with Gasteiger partial charge in [0.1, 0.15) is 5.82 Å². The molecule has 3 rings (SSSR count). The van der Waals surface area contributed by atoms with Gasteiger partial charge in [-0.2, -0.15) is 0 Å². The van der Waals surface area contributed by atoms with E-state index in [1.54, 1.807) is 12.1 Å². The molecule has 1 aromatic heterocycles. The van der Waals surface area contributed by atoms with E-state index in [0.717, 1.165) is 30.5 Å². The Morgan fingerprint density at radius 1 is 1.21 bits per heavy atom. The molecule has 0 saturated carbocycles. The zero-order valence-corrected chi connectivity index (χ0v) is 11.7. The predicted octanol–water partition coefficient (Wildman–Crippen LogP) is 3.32. The smallest absolute Gasteiger partial charge is 0.178 e. The van der Waals surface area contributed by atoms with Crippen LogP contribution >= 0.6 is 12.2 Å². The highest BCUT2D eigenvalue weighted by Gasteiger charge is 2.11. The molecule has 1 fully saturated rings. The third-order valence-electron chi connectivity index (χ3n) is 3.79. The molecule has 0 radical (unpaired) electrons. The average Bonchev–Trinajstić information content (AvgIpc) is 2.99. The highest BCUT2D eigenvalue weighted by atomic mass is 32.1. The lowest BCUT2D eigenvalue weighted by Gasteiger charge is -2.14. The van der Waals surface area contributed by atoms with Crippen molar-refractivity contribution in [1.29, 1.82) is 0 Å². The summed E-state index contributed by atoms with van der Waals surface area (Å²) in [4.78, 5) is 5.62. The average molecular weight is 279 g/mol. The molecule has 1 aliphatic rings. The van der Waals surface area contributed by atoms with Gasteiger partial charge in [-0.1, -0.05) is 0 Å².